The van der Waals surface area contributed by atoms with Crippen LogP contribution in [0.5, 0.6) is 0 Å². The molecule has 1 N–H and O–H groups in total. The van der Waals surface area contributed by atoms with E-state index >= 15 is 0 Å². The molecule has 9 heteroatoms. The zero-order valence-corrected chi connectivity index (χ0v) is 20.6. The van der Waals surface area contributed by atoms with Gasteiger partial charge in [-0.3, -0.25) is 0 Å². The lowest BCUT2D eigenvalue weighted by Gasteiger charge is -2.38. The van der Waals surface area contributed by atoms with E-state index in [9.17, 15) is 17.2 Å². The second kappa shape index (κ2) is 9.81. The van der Waals surface area contributed by atoms with Crippen molar-refractivity contribution >= 4 is 27.6 Å². The molecule has 1 unspecified atom stereocenters. The first-order valence-corrected chi connectivity index (χ1v) is 13.2. The summed E-state index contributed by atoms with van der Waals surface area (Å²) in [5.41, 5.74) is 3.64. The SMILES string of the molecule is Cc1ccc(NC2=NS(=O)(=O)N=C2N2CCCC(C(c3ccc(F)cc3)c3ccc(F)cc3)C2)cc1. The molecule has 0 aromatic heterocycles. The maximum absolute atomic E-state index is 13.7. The van der Waals surface area contributed by atoms with Crippen LogP contribution < -0.4 is 5.32 Å². The van der Waals surface area contributed by atoms with Crippen molar-refractivity contribution < 1.29 is 17.2 Å². The normalized spacial score (nSPS) is 19.2. The number of nitrogens with one attached hydrogen (secondary N) is 1. The molecule has 186 valence electrons. The van der Waals surface area contributed by atoms with E-state index in [1.807, 2.05) is 36.1 Å². The van der Waals surface area contributed by atoms with Gasteiger partial charge in [0, 0.05) is 24.7 Å². The van der Waals surface area contributed by atoms with Crippen LogP contribution in [0.15, 0.2) is 81.6 Å². The lowest BCUT2D eigenvalue weighted by molar-refractivity contribution is 0.243. The van der Waals surface area contributed by atoms with Gasteiger partial charge in [-0.1, -0.05) is 42.0 Å². The number of anilines is 1. The molecule has 3 aromatic carbocycles. The Morgan fingerprint density at radius 1 is 0.889 bits per heavy atom. The summed E-state index contributed by atoms with van der Waals surface area (Å²) in [5, 5.41) is 3.11. The number of hydrogen-bond acceptors (Lipinski definition) is 4. The summed E-state index contributed by atoms with van der Waals surface area (Å²) in [6.45, 7) is 3.11. The first-order valence-electron chi connectivity index (χ1n) is 11.8. The summed E-state index contributed by atoms with van der Waals surface area (Å²) in [5.74, 6) is -0.234. The highest BCUT2D eigenvalue weighted by Gasteiger charge is 2.35. The Hall–Kier alpha value is -3.59. The average molecular weight is 509 g/mol. The number of benzene rings is 3. The first kappa shape index (κ1) is 24.1. The van der Waals surface area contributed by atoms with Gasteiger partial charge in [0.05, 0.1) is 0 Å². The zero-order chi connectivity index (χ0) is 25.3. The van der Waals surface area contributed by atoms with Crippen LogP contribution in [0, 0.1) is 24.5 Å². The number of amidine groups is 2. The van der Waals surface area contributed by atoms with E-state index in [4.69, 9.17) is 0 Å². The molecule has 0 bridgehead atoms. The molecule has 1 atom stereocenters. The monoisotopic (exact) mass is 508 g/mol. The summed E-state index contributed by atoms with van der Waals surface area (Å²) < 4.78 is 59.9. The number of hydrogen-bond donors (Lipinski definition) is 1. The molecule has 2 aliphatic heterocycles. The van der Waals surface area contributed by atoms with Gasteiger partial charge >= 0.3 is 10.2 Å². The Kier molecular flexibility index (Phi) is 6.57. The van der Waals surface area contributed by atoms with Gasteiger partial charge < -0.3 is 10.2 Å². The number of piperidine rings is 1. The van der Waals surface area contributed by atoms with Gasteiger partial charge in [-0.25, -0.2) is 8.78 Å². The highest BCUT2D eigenvalue weighted by Crippen LogP contribution is 2.38. The van der Waals surface area contributed by atoms with Crippen molar-refractivity contribution in [2.45, 2.75) is 25.7 Å². The Bertz CT molecular complexity index is 1360. The average Bonchev–Trinajstić information content (AvgIpc) is 3.17. The minimum absolute atomic E-state index is 0.0568. The number of nitrogens with zero attached hydrogens (tertiary/aromatic N) is 3. The Labute approximate surface area is 209 Å². The molecule has 2 heterocycles. The molecular weight excluding hydrogens is 482 g/mol. The molecule has 5 rings (SSSR count). The second-order valence-electron chi connectivity index (χ2n) is 9.22. The molecule has 1 saturated heterocycles. The van der Waals surface area contributed by atoms with Crippen LogP contribution in [0.4, 0.5) is 14.5 Å². The topological polar surface area (TPSA) is 74.1 Å². The van der Waals surface area contributed by atoms with Crippen LogP contribution in [-0.4, -0.2) is 38.1 Å². The Balaban J connectivity index is 1.44. The van der Waals surface area contributed by atoms with Crippen LogP contribution in [0.2, 0.25) is 0 Å². The summed E-state index contributed by atoms with van der Waals surface area (Å²) in [7, 11) is -3.99. The Morgan fingerprint density at radius 3 is 2.06 bits per heavy atom. The number of aryl methyl sites for hydroxylation is 1. The van der Waals surface area contributed by atoms with Gasteiger partial charge in [-0.2, -0.15) is 8.42 Å². The summed E-state index contributed by atoms with van der Waals surface area (Å²) in [6.07, 6.45) is 1.67. The fourth-order valence-electron chi connectivity index (χ4n) is 4.94. The van der Waals surface area contributed by atoms with E-state index in [-0.39, 0.29) is 35.1 Å². The van der Waals surface area contributed by atoms with Crippen LogP contribution in [-0.2, 0) is 10.2 Å². The van der Waals surface area contributed by atoms with Crippen molar-refractivity contribution in [1.82, 2.24) is 4.90 Å². The first-order chi connectivity index (χ1) is 17.3. The van der Waals surface area contributed by atoms with E-state index in [0.717, 1.165) is 29.5 Å². The number of rotatable bonds is 4. The molecule has 0 radical (unpaired) electrons. The molecule has 36 heavy (non-hydrogen) atoms. The zero-order valence-electron chi connectivity index (χ0n) is 19.7. The summed E-state index contributed by atoms with van der Waals surface area (Å²) in [4.78, 5) is 1.94. The predicted molar refractivity (Wildman–Crippen MR) is 138 cm³/mol. The van der Waals surface area contributed by atoms with E-state index in [1.165, 1.54) is 24.3 Å². The molecule has 0 saturated carbocycles. The highest BCUT2D eigenvalue weighted by atomic mass is 32.2. The Morgan fingerprint density at radius 2 is 1.47 bits per heavy atom. The molecule has 1 fully saturated rings. The third-order valence-electron chi connectivity index (χ3n) is 6.62. The van der Waals surface area contributed by atoms with Crippen LogP contribution in [0.3, 0.4) is 0 Å². The van der Waals surface area contributed by atoms with Crippen molar-refractivity contribution in [2.24, 2.45) is 14.7 Å². The minimum atomic E-state index is -3.99. The largest absolute Gasteiger partial charge is 0.367 e. The molecular formula is C27H26F2N4O2S. The molecule has 0 aliphatic carbocycles. The summed E-state index contributed by atoms with van der Waals surface area (Å²) in [6, 6.07) is 20.3. The fraction of sp³-hybridized carbons (Fsp3) is 0.259. The van der Waals surface area contributed by atoms with Gasteiger partial charge in [0.25, 0.3) is 0 Å². The van der Waals surface area contributed by atoms with Gasteiger partial charge in [-0.15, -0.1) is 8.80 Å². The van der Waals surface area contributed by atoms with Crippen molar-refractivity contribution in [3.63, 3.8) is 0 Å². The van der Waals surface area contributed by atoms with E-state index in [2.05, 4.69) is 14.1 Å². The smallest absolute Gasteiger partial charge is 0.352 e. The van der Waals surface area contributed by atoms with Crippen LogP contribution in [0.1, 0.15) is 35.4 Å². The summed E-state index contributed by atoms with van der Waals surface area (Å²) >= 11 is 0. The quantitative estimate of drug-likeness (QED) is 0.520. The van der Waals surface area contributed by atoms with Gasteiger partial charge in [0.2, 0.25) is 0 Å². The van der Waals surface area contributed by atoms with E-state index in [0.29, 0.717) is 18.8 Å². The van der Waals surface area contributed by atoms with Gasteiger partial charge in [-0.05, 0) is 73.2 Å². The number of likely N-dealkylation sites (tertiary alicyclic amines) is 1. The van der Waals surface area contributed by atoms with E-state index in [1.54, 1.807) is 24.3 Å². The van der Waals surface area contributed by atoms with Crippen molar-refractivity contribution in [3.05, 3.63) is 101 Å². The number of halogens is 2. The fourth-order valence-corrected chi connectivity index (χ4v) is 5.76. The lowest BCUT2D eigenvalue weighted by atomic mass is 9.77. The predicted octanol–water partition coefficient (Wildman–Crippen LogP) is 5.28. The molecule has 6 nitrogen and oxygen atoms in total. The van der Waals surface area contributed by atoms with Crippen molar-refractivity contribution in [1.29, 1.82) is 0 Å². The maximum atomic E-state index is 13.7. The van der Waals surface area contributed by atoms with E-state index < -0.39 is 10.2 Å². The van der Waals surface area contributed by atoms with Crippen LogP contribution in [0.25, 0.3) is 0 Å². The van der Waals surface area contributed by atoms with Crippen LogP contribution >= 0.6 is 0 Å². The molecule has 0 amide bonds. The second-order valence-corrected chi connectivity index (χ2v) is 10.5. The van der Waals surface area contributed by atoms with Crippen molar-refractivity contribution in [2.75, 3.05) is 18.4 Å². The molecule has 3 aromatic rings. The highest BCUT2D eigenvalue weighted by molar-refractivity contribution is 7.89. The minimum Gasteiger partial charge on any atom is -0.352 e. The van der Waals surface area contributed by atoms with Gasteiger partial charge in [0.1, 0.15) is 11.6 Å². The third kappa shape index (κ3) is 5.31. The lowest BCUT2D eigenvalue weighted by Crippen LogP contribution is -2.45. The maximum Gasteiger partial charge on any atom is 0.367 e. The van der Waals surface area contributed by atoms with Crippen molar-refractivity contribution in [3.8, 4) is 0 Å². The molecule has 0 spiro atoms. The van der Waals surface area contributed by atoms with Gasteiger partial charge in [0.15, 0.2) is 11.7 Å². The standard InChI is InChI=1S/C27H26F2N4O2S/c1-18-4-14-24(15-5-18)30-26-27(32-36(34,35)31-26)33-16-2-3-21(17-33)25(19-6-10-22(28)11-7-19)20-8-12-23(29)13-9-20/h4-15,21,25H,2-3,16-17H2,1H3,(H,30,31). The third-order valence-corrected chi connectivity index (χ3v) is 7.44. The molecule has 2 aliphatic rings.